The normalized spacial score (nSPS) is 14.2. The van der Waals surface area contributed by atoms with E-state index in [0.29, 0.717) is 12.1 Å². The maximum absolute atomic E-state index is 12.9. The third kappa shape index (κ3) is 6.14. The fourth-order valence-electron chi connectivity index (χ4n) is 2.83. The summed E-state index contributed by atoms with van der Waals surface area (Å²) in [6, 6.07) is 1.68. The molecule has 168 valence electrons. The monoisotopic (exact) mass is 448 g/mol. The molecule has 0 aliphatic rings. The standard InChI is InChI=1S/C18H17F9N2O/c1-9-4-13(18(25,26)27)14(29-9)8-28-3-2-15(30)10-5-11(16(19,20)21)7-12(6-10)17(22,23)24/h4-7,15,28-30H,2-3,8H2,1H3. The van der Waals surface area contributed by atoms with Crippen LogP contribution in [0.4, 0.5) is 39.5 Å². The minimum absolute atomic E-state index is 0.0549. The van der Waals surface area contributed by atoms with E-state index in [-0.39, 0.29) is 37.0 Å². The number of aliphatic hydroxyl groups excluding tert-OH is 1. The number of benzene rings is 1. The topological polar surface area (TPSA) is 48.0 Å². The van der Waals surface area contributed by atoms with E-state index in [1.807, 2.05) is 0 Å². The lowest BCUT2D eigenvalue weighted by Crippen LogP contribution is -2.20. The minimum atomic E-state index is -5.05. The summed E-state index contributed by atoms with van der Waals surface area (Å²) >= 11 is 0. The Labute approximate surface area is 164 Å². The van der Waals surface area contributed by atoms with E-state index >= 15 is 0 Å². The number of hydrogen-bond acceptors (Lipinski definition) is 2. The number of aromatic nitrogens is 1. The van der Waals surface area contributed by atoms with E-state index in [9.17, 15) is 44.6 Å². The Morgan fingerprint density at radius 3 is 1.87 bits per heavy atom. The molecule has 1 aromatic carbocycles. The average molecular weight is 448 g/mol. The second kappa shape index (κ2) is 8.50. The molecule has 1 heterocycles. The molecule has 0 spiro atoms. The molecule has 2 aromatic rings. The van der Waals surface area contributed by atoms with Crippen LogP contribution in [0.3, 0.4) is 0 Å². The Morgan fingerprint density at radius 1 is 0.867 bits per heavy atom. The summed E-state index contributed by atoms with van der Waals surface area (Å²) in [5.74, 6) is 0. The molecule has 0 fully saturated rings. The van der Waals surface area contributed by atoms with Gasteiger partial charge in [0.15, 0.2) is 0 Å². The van der Waals surface area contributed by atoms with Gasteiger partial charge in [0.25, 0.3) is 0 Å². The molecule has 0 aliphatic heterocycles. The number of H-pyrrole nitrogens is 1. The number of aliphatic hydroxyl groups is 1. The highest BCUT2D eigenvalue weighted by atomic mass is 19.4. The molecule has 0 bridgehead atoms. The minimum Gasteiger partial charge on any atom is -0.388 e. The van der Waals surface area contributed by atoms with Crippen LogP contribution in [0.1, 0.15) is 46.2 Å². The number of aromatic amines is 1. The maximum atomic E-state index is 12.9. The van der Waals surface area contributed by atoms with Crippen LogP contribution in [-0.2, 0) is 25.1 Å². The van der Waals surface area contributed by atoms with Gasteiger partial charge in [0.2, 0.25) is 0 Å². The molecule has 30 heavy (non-hydrogen) atoms. The third-order valence-electron chi connectivity index (χ3n) is 4.23. The van der Waals surface area contributed by atoms with Crippen molar-refractivity contribution in [3.05, 3.63) is 57.9 Å². The van der Waals surface area contributed by atoms with E-state index < -0.39 is 46.9 Å². The number of alkyl halides is 9. The van der Waals surface area contributed by atoms with Crippen LogP contribution in [0.2, 0.25) is 0 Å². The summed E-state index contributed by atoms with van der Waals surface area (Å²) in [4.78, 5) is 2.52. The van der Waals surface area contributed by atoms with Crippen LogP contribution < -0.4 is 5.32 Å². The Balaban J connectivity index is 2.08. The van der Waals surface area contributed by atoms with Gasteiger partial charge in [-0.25, -0.2) is 0 Å². The van der Waals surface area contributed by atoms with Crippen molar-refractivity contribution in [2.75, 3.05) is 6.54 Å². The van der Waals surface area contributed by atoms with Crippen LogP contribution in [0, 0.1) is 6.92 Å². The lowest BCUT2D eigenvalue weighted by atomic mass is 9.99. The molecule has 12 heteroatoms. The molecule has 0 amide bonds. The van der Waals surface area contributed by atoms with E-state index in [1.54, 1.807) is 0 Å². The first-order valence-corrected chi connectivity index (χ1v) is 8.53. The SMILES string of the molecule is Cc1cc(C(F)(F)F)c(CNCCC(O)c2cc(C(F)(F)F)cc(C(F)(F)F)c2)[nH]1. The zero-order valence-electron chi connectivity index (χ0n) is 15.4. The zero-order valence-corrected chi connectivity index (χ0v) is 15.4. The molecule has 1 aromatic heterocycles. The second-order valence-corrected chi connectivity index (χ2v) is 6.66. The number of halogens is 9. The second-order valence-electron chi connectivity index (χ2n) is 6.66. The molecule has 0 saturated carbocycles. The van der Waals surface area contributed by atoms with Crippen LogP contribution in [-0.4, -0.2) is 16.6 Å². The van der Waals surface area contributed by atoms with Crippen LogP contribution in [0.15, 0.2) is 24.3 Å². The van der Waals surface area contributed by atoms with E-state index in [4.69, 9.17) is 0 Å². The van der Waals surface area contributed by atoms with Crippen LogP contribution >= 0.6 is 0 Å². The van der Waals surface area contributed by atoms with Gasteiger partial charge < -0.3 is 15.4 Å². The quantitative estimate of drug-likeness (QED) is 0.399. The molecule has 0 saturated heterocycles. The van der Waals surface area contributed by atoms with Gasteiger partial charge in [-0.2, -0.15) is 39.5 Å². The molecule has 3 N–H and O–H groups in total. The van der Waals surface area contributed by atoms with Crippen molar-refractivity contribution in [3.8, 4) is 0 Å². The lowest BCUT2D eigenvalue weighted by molar-refractivity contribution is -0.143. The average Bonchev–Trinajstić information content (AvgIpc) is 2.97. The lowest BCUT2D eigenvalue weighted by Gasteiger charge is -2.17. The van der Waals surface area contributed by atoms with E-state index in [2.05, 4.69) is 10.3 Å². The molecule has 0 radical (unpaired) electrons. The summed E-state index contributed by atoms with van der Waals surface area (Å²) in [6.45, 7) is 0.980. The summed E-state index contributed by atoms with van der Waals surface area (Å²) in [6.07, 6.45) is -16.7. The Morgan fingerprint density at radius 2 is 1.40 bits per heavy atom. The van der Waals surface area contributed by atoms with Gasteiger partial charge >= 0.3 is 18.5 Å². The highest BCUT2D eigenvalue weighted by Crippen LogP contribution is 2.38. The fraction of sp³-hybridized carbons (Fsp3) is 0.444. The molecule has 0 aliphatic carbocycles. The first-order chi connectivity index (χ1) is 13.6. The predicted octanol–water partition coefficient (Wildman–Crippen LogP) is 5.59. The van der Waals surface area contributed by atoms with Crippen molar-refractivity contribution in [3.63, 3.8) is 0 Å². The summed E-state index contributed by atoms with van der Waals surface area (Å²) < 4.78 is 116. The number of nitrogens with one attached hydrogen (secondary N) is 2. The molecule has 2 rings (SSSR count). The van der Waals surface area contributed by atoms with Gasteiger partial charge in [-0.3, -0.25) is 0 Å². The van der Waals surface area contributed by atoms with Gasteiger partial charge in [0.1, 0.15) is 0 Å². The van der Waals surface area contributed by atoms with Gasteiger partial charge in [0.05, 0.1) is 22.8 Å². The van der Waals surface area contributed by atoms with Crippen molar-refractivity contribution < 1.29 is 44.6 Å². The fourth-order valence-corrected chi connectivity index (χ4v) is 2.83. The molecule has 1 atom stereocenters. The van der Waals surface area contributed by atoms with Gasteiger partial charge in [-0.1, -0.05) is 0 Å². The molecule has 1 unspecified atom stereocenters. The van der Waals surface area contributed by atoms with Crippen LogP contribution in [0.25, 0.3) is 0 Å². The van der Waals surface area contributed by atoms with Crippen molar-refractivity contribution in [2.45, 2.75) is 44.5 Å². The van der Waals surface area contributed by atoms with Crippen molar-refractivity contribution in [1.29, 1.82) is 0 Å². The number of aryl methyl sites for hydroxylation is 1. The van der Waals surface area contributed by atoms with E-state index in [1.165, 1.54) is 6.92 Å². The highest BCUT2D eigenvalue weighted by molar-refractivity contribution is 5.35. The Hall–Kier alpha value is -2.21. The zero-order chi connectivity index (χ0) is 22.9. The smallest absolute Gasteiger partial charge is 0.388 e. The van der Waals surface area contributed by atoms with Crippen molar-refractivity contribution >= 4 is 0 Å². The predicted molar refractivity (Wildman–Crippen MR) is 88.3 cm³/mol. The molecule has 3 nitrogen and oxygen atoms in total. The molecular formula is C18H17F9N2O. The first-order valence-electron chi connectivity index (χ1n) is 8.53. The summed E-state index contributed by atoms with van der Waals surface area (Å²) in [5.41, 5.74) is -4.51. The maximum Gasteiger partial charge on any atom is 0.418 e. The Kier molecular flexibility index (Phi) is 6.82. The van der Waals surface area contributed by atoms with Crippen molar-refractivity contribution in [1.82, 2.24) is 10.3 Å². The van der Waals surface area contributed by atoms with E-state index in [0.717, 1.165) is 6.07 Å². The summed E-state index contributed by atoms with van der Waals surface area (Å²) in [7, 11) is 0. The number of hydrogen-bond donors (Lipinski definition) is 3. The van der Waals surface area contributed by atoms with Crippen LogP contribution in [0.5, 0.6) is 0 Å². The molecular weight excluding hydrogens is 431 g/mol. The largest absolute Gasteiger partial charge is 0.418 e. The number of rotatable bonds is 6. The van der Waals surface area contributed by atoms with Gasteiger partial charge in [-0.15, -0.1) is 0 Å². The van der Waals surface area contributed by atoms with Crippen molar-refractivity contribution in [2.24, 2.45) is 0 Å². The van der Waals surface area contributed by atoms with Gasteiger partial charge in [0, 0.05) is 17.9 Å². The third-order valence-corrected chi connectivity index (χ3v) is 4.23. The highest BCUT2D eigenvalue weighted by Gasteiger charge is 2.37. The van der Waals surface area contributed by atoms with Gasteiger partial charge in [-0.05, 0) is 49.7 Å². The Bertz CT molecular complexity index is 834. The summed E-state index contributed by atoms with van der Waals surface area (Å²) in [5, 5.41) is 12.6. The first kappa shape index (κ1) is 24.1.